The Balaban J connectivity index is 3.24. The molecule has 112 valence electrons. The monoisotopic (exact) mass is 383 g/mol. The molecule has 0 saturated carbocycles. The molecule has 20 heavy (non-hydrogen) atoms. The van der Waals surface area contributed by atoms with Crippen LogP contribution >= 0.6 is 27.5 Å². The number of amidine groups is 1. The Morgan fingerprint density at radius 2 is 2.20 bits per heavy atom. The maximum atomic E-state index is 12.4. The Hall–Kier alpha value is -0.830. The van der Waals surface area contributed by atoms with Gasteiger partial charge in [-0.25, -0.2) is 8.42 Å². The Bertz CT molecular complexity index is 636. The number of oxime groups is 1. The molecule has 0 aliphatic rings. The van der Waals surface area contributed by atoms with E-state index in [2.05, 4.69) is 25.8 Å². The first kappa shape index (κ1) is 17.2. The summed E-state index contributed by atoms with van der Waals surface area (Å²) in [6.07, 6.45) is 0.302. The first-order valence-electron chi connectivity index (χ1n) is 5.63. The first-order valence-corrected chi connectivity index (χ1v) is 8.28. The molecule has 1 atom stereocenters. The lowest BCUT2D eigenvalue weighted by Gasteiger charge is -2.27. The van der Waals surface area contributed by atoms with E-state index in [1.807, 2.05) is 0 Å². The van der Waals surface area contributed by atoms with Crippen molar-refractivity contribution in [3.63, 3.8) is 0 Å². The highest BCUT2D eigenvalue weighted by molar-refractivity contribution is 9.10. The predicted octanol–water partition coefficient (Wildman–Crippen LogP) is 2.30. The molecule has 0 heterocycles. The van der Waals surface area contributed by atoms with Gasteiger partial charge in [0.05, 0.1) is 10.6 Å². The van der Waals surface area contributed by atoms with Crippen LogP contribution in [0.25, 0.3) is 0 Å². The molecule has 6 nitrogen and oxygen atoms in total. The fourth-order valence-electron chi connectivity index (χ4n) is 1.46. The van der Waals surface area contributed by atoms with Gasteiger partial charge in [0.2, 0.25) is 10.0 Å². The van der Waals surface area contributed by atoms with Gasteiger partial charge in [-0.2, -0.15) is 4.72 Å². The summed E-state index contributed by atoms with van der Waals surface area (Å²) in [5.41, 5.74) is 4.34. The number of rotatable bonds is 5. The Kier molecular flexibility index (Phi) is 5.42. The molecule has 0 amide bonds. The molecule has 1 aromatic carbocycles. The number of nitrogens with two attached hydrogens (primary N) is 1. The third-order valence-electron chi connectivity index (χ3n) is 2.92. The normalized spacial score (nSPS) is 15.9. The summed E-state index contributed by atoms with van der Waals surface area (Å²) in [4.78, 5) is -0.0761. The fourth-order valence-corrected chi connectivity index (χ4v) is 3.95. The molecule has 1 rings (SSSR count). The zero-order chi connectivity index (χ0) is 15.6. The summed E-state index contributed by atoms with van der Waals surface area (Å²) in [5, 5.41) is 11.7. The zero-order valence-corrected chi connectivity index (χ0v) is 14.1. The van der Waals surface area contributed by atoms with E-state index >= 15 is 0 Å². The van der Waals surface area contributed by atoms with Crippen molar-refractivity contribution in [3.05, 3.63) is 27.7 Å². The maximum absolute atomic E-state index is 12.4. The van der Waals surface area contributed by atoms with Crippen LogP contribution in [0.3, 0.4) is 0 Å². The maximum Gasteiger partial charge on any atom is 0.242 e. The Morgan fingerprint density at radius 1 is 1.60 bits per heavy atom. The molecular formula is C11H15BrClN3O3S. The summed E-state index contributed by atoms with van der Waals surface area (Å²) in [6, 6.07) is 4.41. The smallest absolute Gasteiger partial charge is 0.242 e. The second-order valence-electron chi connectivity index (χ2n) is 4.35. The highest BCUT2D eigenvalue weighted by Crippen LogP contribution is 2.26. The number of nitrogens with one attached hydrogen (secondary N) is 1. The van der Waals surface area contributed by atoms with E-state index in [0.29, 0.717) is 10.9 Å². The van der Waals surface area contributed by atoms with Crippen molar-refractivity contribution in [2.45, 2.75) is 30.7 Å². The topological polar surface area (TPSA) is 105 Å². The van der Waals surface area contributed by atoms with E-state index in [4.69, 9.17) is 22.5 Å². The average Bonchev–Trinajstić information content (AvgIpc) is 2.36. The van der Waals surface area contributed by atoms with Gasteiger partial charge in [-0.1, -0.05) is 39.6 Å². The van der Waals surface area contributed by atoms with Crippen molar-refractivity contribution in [2.75, 3.05) is 0 Å². The second-order valence-corrected chi connectivity index (χ2v) is 7.32. The highest BCUT2D eigenvalue weighted by Gasteiger charge is 2.34. The zero-order valence-electron chi connectivity index (χ0n) is 10.9. The summed E-state index contributed by atoms with van der Waals surface area (Å²) >= 11 is 9.14. The summed E-state index contributed by atoms with van der Waals surface area (Å²) in [7, 11) is -3.91. The number of hydrogen-bond acceptors (Lipinski definition) is 4. The molecule has 1 aromatic rings. The van der Waals surface area contributed by atoms with Gasteiger partial charge in [0.25, 0.3) is 0 Å². The van der Waals surface area contributed by atoms with Crippen molar-refractivity contribution in [2.24, 2.45) is 10.9 Å². The molecule has 0 saturated heterocycles. The van der Waals surface area contributed by atoms with Gasteiger partial charge in [0, 0.05) is 4.47 Å². The molecule has 4 N–H and O–H groups in total. The van der Waals surface area contributed by atoms with Crippen molar-refractivity contribution >= 4 is 43.4 Å². The number of benzene rings is 1. The largest absolute Gasteiger partial charge is 0.409 e. The molecular weight excluding hydrogens is 370 g/mol. The fraction of sp³-hybridized carbons (Fsp3) is 0.364. The SMILES string of the molecule is CCC(C)(NS(=O)(=O)c1ccc(Br)cc1Cl)/C(N)=N/O. The molecule has 0 fully saturated rings. The molecule has 0 bridgehead atoms. The Labute approximate surface area is 131 Å². The van der Waals surface area contributed by atoms with E-state index in [-0.39, 0.29) is 15.8 Å². The molecule has 0 aliphatic heterocycles. The van der Waals surface area contributed by atoms with Crippen LogP contribution in [0.2, 0.25) is 5.02 Å². The van der Waals surface area contributed by atoms with Crippen LogP contribution in [0.5, 0.6) is 0 Å². The lowest BCUT2D eigenvalue weighted by Crippen LogP contribution is -2.54. The van der Waals surface area contributed by atoms with E-state index in [1.165, 1.54) is 19.1 Å². The summed E-state index contributed by atoms with van der Waals surface area (Å²) < 4.78 is 27.8. The number of hydrogen-bond donors (Lipinski definition) is 3. The van der Waals surface area contributed by atoms with Crippen molar-refractivity contribution in [1.29, 1.82) is 0 Å². The minimum Gasteiger partial charge on any atom is -0.409 e. The Morgan fingerprint density at radius 3 is 2.65 bits per heavy atom. The van der Waals surface area contributed by atoms with E-state index in [0.717, 1.165) is 0 Å². The predicted molar refractivity (Wildman–Crippen MR) is 81.6 cm³/mol. The molecule has 9 heteroatoms. The first-order chi connectivity index (χ1) is 9.16. The quantitative estimate of drug-likeness (QED) is 0.313. The minimum absolute atomic E-state index is 0.0739. The molecule has 1 unspecified atom stereocenters. The van der Waals surface area contributed by atoms with E-state index < -0.39 is 15.6 Å². The van der Waals surface area contributed by atoms with Gasteiger partial charge in [0.1, 0.15) is 4.90 Å². The van der Waals surface area contributed by atoms with Crippen molar-refractivity contribution < 1.29 is 13.6 Å². The van der Waals surface area contributed by atoms with Gasteiger partial charge in [-0.3, -0.25) is 0 Å². The van der Waals surface area contributed by atoms with Crippen LogP contribution in [0.1, 0.15) is 20.3 Å². The van der Waals surface area contributed by atoms with E-state index in [9.17, 15) is 8.42 Å². The number of halogens is 2. The van der Waals surface area contributed by atoms with Gasteiger partial charge in [-0.15, -0.1) is 0 Å². The third-order valence-corrected chi connectivity index (χ3v) is 5.50. The van der Waals surface area contributed by atoms with Crippen LogP contribution in [0.4, 0.5) is 0 Å². The van der Waals surface area contributed by atoms with Crippen molar-refractivity contribution in [1.82, 2.24) is 4.72 Å². The molecule has 0 spiro atoms. The van der Waals surface area contributed by atoms with Gasteiger partial charge >= 0.3 is 0 Å². The van der Waals surface area contributed by atoms with Crippen LogP contribution in [0, 0.1) is 0 Å². The van der Waals surface area contributed by atoms with Gasteiger partial charge in [0.15, 0.2) is 5.84 Å². The number of sulfonamides is 1. The van der Waals surface area contributed by atoms with Crippen LogP contribution in [0.15, 0.2) is 32.7 Å². The van der Waals surface area contributed by atoms with Crippen LogP contribution < -0.4 is 10.5 Å². The summed E-state index contributed by atoms with van der Waals surface area (Å²) in [6.45, 7) is 3.23. The van der Waals surface area contributed by atoms with E-state index in [1.54, 1.807) is 13.0 Å². The minimum atomic E-state index is -3.91. The van der Waals surface area contributed by atoms with Gasteiger partial charge < -0.3 is 10.9 Å². The molecule has 0 aromatic heterocycles. The second kappa shape index (κ2) is 6.30. The molecule has 0 radical (unpaired) electrons. The van der Waals surface area contributed by atoms with Crippen LogP contribution in [-0.2, 0) is 10.0 Å². The molecule has 0 aliphatic carbocycles. The highest BCUT2D eigenvalue weighted by atomic mass is 79.9. The summed E-state index contributed by atoms with van der Waals surface area (Å²) in [5.74, 6) is -0.225. The number of nitrogens with zero attached hydrogens (tertiary/aromatic N) is 1. The lowest BCUT2D eigenvalue weighted by atomic mass is 10.00. The standard InChI is InChI=1S/C11H15BrClN3O3S/c1-3-11(2,10(14)15-17)16-20(18,19)9-5-4-7(12)6-8(9)13/h4-6,16-17H,3H2,1-2H3,(H2,14,15). The average molecular weight is 385 g/mol. The van der Waals surface area contributed by atoms with Crippen molar-refractivity contribution in [3.8, 4) is 0 Å². The third kappa shape index (κ3) is 3.63. The van der Waals surface area contributed by atoms with Crippen LogP contribution in [-0.4, -0.2) is 25.0 Å². The van der Waals surface area contributed by atoms with Gasteiger partial charge in [-0.05, 0) is 31.5 Å². The lowest BCUT2D eigenvalue weighted by molar-refractivity contribution is 0.310.